The van der Waals surface area contributed by atoms with Gasteiger partial charge < -0.3 is 0 Å². The van der Waals surface area contributed by atoms with E-state index in [1.165, 1.54) is 25.1 Å². The lowest BCUT2D eigenvalue weighted by molar-refractivity contribution is -0.385. The maximum atomic E-state index is 11.7. The quantitative estimate of drug-likeness (QED) is 0.538. The standard InChI is InChI=1S/C9H7NO4S/c1-6-4-7-2-3-8(10(11)12)5-9(7)15(6,13)14/h2-5H,1H3. The number of allylic oxidation sites excluding steroid dienone is 1. The number of fused-ring (bicyclic) bond motifs is 1. The van der Waals surface area contributed by atoms with Crippen molar-refractivity contribution in [3.8, 4) is 0 Å². The third-order valence-corrected chi connectivity index (χ3v) is 4.18. The zero-order valence-electron chi connectivity index (χ0n) is 7.80. The van der Waals surface area contributed by atoms with E-state index in [4.69, 9.17) is 0 Å². The van der Waals surface area contributed by atoms with Gasteiger partial charge in [-0.3, -0.25) is 10.1 Å². The average molecular weight is 225 g/mol. The van der Waals surface area contributed by atoms with Crippen molar-refractivity contribution >= 4 is 21.6 Å². The van der Waals surface area contributed by atoms with Gasteiger partial charge in [-0.2, -0.15) is 0 Å². The molecule has 0 saturated heterocycles. The summed E-state index contributed by atoms with van der Waals surface area (Å²) < 4.78 is 23.3. The van der Waals surface area contributed by atoms with Crippen LogP contribution in [0.15, 0.2) is 28.0 Å². The molecule has 78 valence electrons. The molecule has 0 saturated carbocycles. The van der Waals surface area contributed by atoms with E-state index in [-0.39, 0.29) is 15.5 Å². The molecular weight excluding hydrogens is 218 g/mol. The molecule has 0 bridgehead atoms. The van der Waals surface area contributed by atoms with Crippen LogP contribution in [0.3, 0.4) is 0 Å². The molecule has 0 fully saturated rings. The summed E-state index contributed by atoms with van der Waals surface area (Å²) in [5.74, 6) is 0. The number of non-ortho nitro benzene ring substituents is 1. The van der Waals surface area contributed by atoms with Gasteiger partial charge in [0.1, 0.15) is 0 Å². The van der Waals surface area contributed by atoms with Crippen molar-refractivity contribution in [3.63, 3.8) is 0 Å². The maximum absolute atomic E-state index is 11.7. The molecule has 2 rings (SSSR count). The summed E-state index contributed by atoms with van der Waals surface area (Å²) in [6.07, 6.45) is 1.51. The minimum Gasteiger partial charge on any atom is -0.258 e. The highest BCUT2D eigenvalue weighted by molar-refractivity contribution is 7.95. The number of benzene rings is 1. The van der Waals surface area contributed by atoms with Crippen LogP contribution in [0.25, 0.3) is 6.08 Å². The predicted molar refractivity (Wildman–Crippen MR) is 53.9 cm³/mol. The van der Waals surface area contributed by atoms with Crippen molar-refractivity contribution in [2.75, 3.05) is 0 Å². The Morgan fingerprint density at radius 1 is 1.33 bits per heavy atom. The van der Waals surface area contributed by atoms with Crippen molar-refractivity contribution in [2.45, 2.75) is 11.8 Å². The Morgan fingerprint density at radius 3 is 2.60 bits per heavy atom. The molecular formula is C9H7NO4S. The van der Waals surface area contributed by atoms with Crippen LogP contribution in [-0.2, 0) is 9.84 Å². The Bertz CT molecular complexity index is 586. The first-order valence-electron chi connectivity index (χ1n) is 4.15. The molecule has 0 radical (unpaired) electrons. The fourth-order valence-corrected chi connectivity index (χ4v) is 2.80. The average Bonchev–Trinajstić information content (AvgIpc) is 2.38. The van der Waals surface area contributed by atoms with Gasteiger partial charge in [0.25, 0.3) is 5.69 Å². The van der Waals surface area contributed by atoms with E-state index in [1.54, 1.807) is 0 Å². The van der Waals surface area contributed by atoms with Gasteiger partial charge in [0, 0.05) is 17.0 Å². The topological polar surface area (TPSA) is 77.3 Å². The van der Waals surface area contributed by atoms with Crippen LogP contribution in [0.4, 0.5) is 5.69 Å². The van der Waals surface area contributed by atoms with E-state index in [9.17, 15) is 18.5 Å². The first-order valence-corrected chi connectivity index (χ1v) is 5.63. The Hall–Kier alpha value is -1.69. The Balaban J connectivity index is 2.71. The van der Waals surface area contributed by atoms with Gasteiger partial charge >= 0.3 is 0 Å². The smallest absolute Gasteiger partial charge is 0.258 e. The number of nitro benzene ring substituents is 1. The lowest BCUT2D eigenvalue weighted by atomic mass is 10.2. The fraction of sp³-hybridized carbons (Fsp3) is 0.111. The summed E-state index contributed by atoms with van der Waals surface area (Å²) in [6.45, 7) is 1.47. The van der Waals surface area contributed by atoms with Gasteiger partial charge in [-0.05, 0) is 24.6 Å². The van der Waals surface area contributed by atoms with Gasteiger partial charge in [-0.15, -0.1) is 0 Å². The van der Waals surface area contributed by atoms with Crippen molar-refractivity contribution in [2.24, 2.45) is 0 Å². The van der Waals surface area contributed by atoms with E-state index < -0.39 is 14.8 Å². The second-order valence-corrected chi connectivity index (χ2v) is 5.33. The summed E-state index contributed by atoms with van der Waals surface area (Å²) in [6, 6.07) is 3.84. The normalized spacial score (nSPS) is 17.0. The number of rotatable bonds is 1. The summed E-state index contributed by atoms with van der Waals surface area (Å²) in [5, 5.41) is 10.5. The lowest BCUT2D eigenvalue weighted by Crippen LogP contribution is -1.99. The molecule has 1 aliphatic heterocycles. The van der Waals surface area contributed by atoms with E-state index in [1.807, 2.05) is 0 Å². The van der Waals surface area contributed by atoms with Gasteiger partial charge in [0.2, 0.25) is 9.84 Å². The number of hydrogen-bond donors (Lipinski definition) is 0. The summed E-state index contributed by atoms with van der Waals surface area (Å²) in [4.78, 5) is 10.1. The fourth-order valence-electron chi connectivity index (χ4n) is 1.46. The van der Waals surface area contributed by atoms with E-state index >= 15 is 0 Å². The first kappa shape index (κ1) is 9.85. The third-order valence-electron chi connectivity index (χ3n) is 2.28. The molecule has 1 heterocycles. The largest absolute Gasteiger partial charge is 0.270 e. The molecule has 15 heavy (non-hydrogen) atoms. The molecule has 0 aromatic heterocycles. The zero-order chi connectivity index (χ0) is 11.2. The highest BCUT2D eigenvalue weighted by atomic mass is 32.2. The molecule has 1 aliphatic rings. The van der Waals surface area contributed by atoms with Crippen LogP contribution in [0, 0.1) is 10.1 Å². The summed E-state index contributed by atoms with van der Waals surface area (Å²) in [5.41, 5.74) is 0.304. The summed E-state index contributed by atoms with van der Waals surface area (Å²) in [7, 11) is -3.48. The SMILES string of the molecule is CC1=Cc2ccc([N+](=O)[O-])cc2S1(=O)=O. The Morgan fingerprint density at radius 2 is 2.00 bits per heavy atom. The molecule has 1 aromatic rings. The van der Waals surface area contributed by atoms with E-state index in [0.29, 0.717) is 5.56 Å². The van der Waals surface area contributed by atoms with Crippen LogP contribution in [0.2, 0.25) is 0 Å². The van der Waals surface area contributed by atoms with E-state index in [2.05, 4.69) is 0 Å². The molecule has 0 unspecified atom stereocenters. The molecule has 6 heteroatoms. The second-order valence-electron chi connectivity index (χ2n) is 3.24. The molecule has 0 aliphatic carbocycles. The molecule has 0 atom stereocenters. The highest BCUT2D eigenvalue weighted by Gasteiger charge is 2.28. The minimum atomic E-state index is -3.48. The molecule has 0 amide bonds. The Labute approximate surface area is 86.1 Å². The summed E-state index contributed by atoms with van der Waals surface area (Å²) >= 11 is 0. The van der Waals surface area contributed by atoms with Gasteiger partial charge in [-0.25, -0.2) is 8.42 Å². The molecule has 1 aromatic carbocycles. The van der Waals surface area contributed by atoms with Gasteiger partial charge in [0.05, 0.1) is 9.82 Å². The lowest BCUT2D eigenvalue weighted by Gasteiger charge is -1.98. The monoisotopic (exact) mass is 225 g/mol. The number of hydrogen-bond acceptors (Lipinski definition) is 4. The maximum Gasteiger partial charge on any atom is 0.270 e. The van der Waals surface area contributed by atoms with Gasteiger partial charge in [0.15, 0.2) is 0 Å². The van der Waals surface area contributed by atoms with Crippen molar-refractivity contribution < 1.29 is 13.3 Å². The minimum absolute atomic E-state index is 0.0224. The number of nitro groups is 1. The van der Waals surface area contributed by atoms with Crippen LogP contribution >= 0.6 is 0 Å². The number of sulfone groups is 1. The van der Waals surface area contributed by atoms with Crippen LogP contribution in [-0.4, -0.2) is 13.3 Å². The Kier molecular flexibility index (Phi) is 1.90. The molecule has 0 spiro atoms. The van der Waals surface area contributed by atoms with Crippen LogP contribution in [0.1, 0.15) is 12.5 Å². The highest BCUT2D eigenvalue weighted by Crippen LogP contribution is 2.34. The van der Waals surface area contributed by atoms with Crippen molar-refractivity contribution in [1.29, 1.82) is 0 Å². The predicted octanol–water partition coefficient (Wildman–Crippen LogP) is 1.74. The number of nitrogens with zero attached hydrogens (tertiary/aromatic N) is 1. The van der Waals surface area contributed by atoms with Crippen molar-refractivity contribution in [3.05, 3.63) is 38.8 Å². The third kappa shape index (κ3) is 1.33. The van der Waals surface area contributed by atoms with Crippen LogP contribution in [0.5, 0.6) is 0 Å². The zero-order valence-corrected chi connectivity index (χ0v) is 8.61. The second kappa shape index (κ2) is 2.90. The van der Waals surface area contributed by atoms with E-state index in [0.717, 1.165) is 6.07 Å². The first-order chi connectivity index (χ1) is 6.93. The van der Waals surface area contributed by atoms with Gasteiger partial charge in [-0.1, -0.05) is 0 Å². The molecule has 0 N–H and O–H groups in total. The van der Waals surface area contributed by atoms with Crippen LogP contribution < -0.4 is 0 Å². The van der Waals surface area contributed by atoms with Crippen molar-refractivity contribution in [1.82, 2.24) is 0 Å². The molecule has 5 nitrogen and oxygen atoms in total.